The fourth-order valence-corrected chi connectivity index (χ4v) is 2.40. The highest BCUT2D eigenvalue weighted by molar-refractivity contribution is 7.46. The van der Waals surface area contributed by atoms with E-state index in [1.54, 1.807) is 4.98 Å². The minimum absolute atomic E-state index is 0.477. The van der Waals surface area contributed by atoms with Gasteiger partial charge in [-0.15, -0.1) is 0 Å². The third-order valence-corrected chi connectivity index (χ3v) is 3.65. The quantitative estimate of drug-likeness (QED) is 0.202. The lowest BCUT2D eigenvalue weighted by Gasteiger charge is -2.16. The molecule has 0 radical (unpaired) electrons. The van der Waals surface area contributed by atoms with Crippen molar-refractivity contribution in [3.63, 3.8) is 0 Å². The monoisotopic (exact) mass is 369 g/mol. The van der Waals surface area contributed by atoms with Crippen molar-refractivity contribution in [2.24, 2.45) is 0 Å². The summed E-state index contributed by atoms with van der Waals surface area (Å²) in [6.45, 7) is -0.820. The smallest absolute Gasteiger partial charge is 0.387 e. The van der Waals surface area contributed by atoms with Crippen LogP contribution >= 0.6 is 7.82 Å². The molecular weight excluding hydrogens is 357 g/mol. The number of nitrogens with one attached hydrogen (secondary N) is 1. The number of aromatic nitrogens is 2. The molecule has 0 unspecified atom stereocenters. The first-order valence-corrected chi connectivity index (χ1v) is 7.76. The summed E-state index contributed by atoms with van der Waals surface area (Å²) in [5.74, 6) is 0. The number of hydrogen-bond acceptors (Lipinski definition) is 9. The van der Waals surface area contributed by atoms with Gasteiger partial charge in [-0.05, 0) is 0 Å². The molecule has 0 aromatic carbocycles. The Balaban J connectivity index is 2.31. The van der Waals surface area contributed by atoms with E-state index in [9.17, 15) is 34.5 Å². The van der Waals surface area contributed by atoms with Crippen molar-refractivity contribution in [1.82, 2.24) is 9.55 Å². The number of aliphatic hydroxyl groups is 2. The fourth-order valence-electron chi connectivity index (χ4n) is 2.06. The molecule has 134 valence electrons. The van der Waals surface area contributed by atoms with Gasteiger partial charge < -0.3 is 24.7 Å². The number of rotatable bonds is 5. The van der Waals surface area contributed by atoms with E-state index in [0.29, 0.717) is 10.8 Å². The summed E-state index contributed by atoms with van der Waals surface area (Å²) in [5, 5.41) is 30.4. The largest absolute Gasteiger partial charge is 0.469 e. The van der Waals surface area contributed by atoms with Gasteiger partial charge in [0.2, 0.25) is 0 Å². The molecule has 24 heavy (non-hydrogen) atoms. The van der Waals surface area contributed by atoms with Gasteiger partial charge in [-0.25, -0.2) is 9.36 Å². The van der Waals surface area contributed by atoms with Gasteiger partial charge >= 0.3 is 24.8 Å². The standard InChI is InChI=1S/C9H12N3O11P/c13-5-4(2-22-24(19,20)21)23-8(6(5)14)11-1-3(12(17)18)7(15)10-9(11)16/h1,4-6,8,13-14H,2H2,(H,10,15,16)(H2,19,20,21)/t4-,5-,6-,8-/m1/s1. The third kappa shape index (κ3) is 3.76. The van der Waals surface area contributed by atoms with Crippen LogP contribution in [0.2, 0.25) is 0 Å². The SMILES string of the molecule is O=c1[nH]c(=O)n([C@@H]2O[C@H](COP(=O)(O)O)[C@@H](O)[C@H]2O)cc1[N+](=O)[O-]. The third-order valence-electron chi connectivity index (χ3n) is 3.16. The van der Waals surface area contributed by atoms with Gasteiger partial charge in [-0.1, -0.05) is 0 Å². The molecule has 0 saturated carbocycles. The number of phosphoric ester groups is 1. The lowest BCUT2D eigenvalue weighted by molar-refractivity contribution is -0.387. The number of nitrogens with zero attached hydrogens (tertiary/aromatic N) is 2. The predicted molar refractivity (Wildman–Crippen MR) is 71.9 cm³/mol. The summed E-state index contributed by atoms with van der Waals surface area (Å²) in [6, 6.07) is 0. The zero-order valence-corrected chi connectivity index (χ0v) is 12.5. The average molecular weight is 369 g/mol. The number of aliphatic hydroxyl groups excluding tert-OH is 2. The fraction of sp³-hybridized carbons (Fsp3) is 0.556. The van der Waals surface area contributed by atoms with Gasteiger partial charge in [0.05, 0.1) is 17.7 Å². The molecule has 2 rings (SSSR count). The Morgan fingerprint density at radius 1 is 1.38 bits per heavy atom. The van der Waals surface area contributed by atoms with Gasteiger partial charge in [-0.3, -0.25) is 29.0 Å². The Hall–Kier alpha value is -1.93. The minimum atomic E-state index is -4.87. The molecule has 4 atom stereocenters. The molecule has 1 aromatic rings. The van der Waals surface area contributed by atoms with Gasteiger partial charge in [0.25, 0.3) is 0 Å². The first-order valence-electron chi connectivity index (χ1n) is 6.23. The van der Waals surface area contributed by atoms with E-state index < -0.39 is 60.8 Å². The zero-order chi connectivity index (χ0) is 18.2. The van der Waals surface area contributed by atoms with Crippen molar-refractivity contribution in [1.29, 1.82) is 0 Å². The number of aromatic amines is 1. The summed E-state index contributed by atoms with van der Waals surface area (Å²) in [5.41, 5.74) is -3.43. The lowest BCUT2D eigenvalue weighted by atomic mass is 10.1. The number of ether oxygens (including phenoxy) is 1. The molecule has 1 aliphatic rings. The Bertz CT molecular complexity index is 797. The molecule has 0 bridgehead atoms. The molecule has 0 amide bonds. The van der Waals surface area contributed by atoms with Crippen LogP contribution in [0.1, 0.15) is 6.23 Å². The predicted octanol–water partition coefficient (Wildman–Crippen LogP) is -2.83. The molecule has 1 saturated heterocycles. The van der Waals surface area contributed by atoms with Crippen LogP contribution in [0.15, 0.2) is 15.8 Å². The minimum Gasteiger partial charge on any atom is -0.387 e. The van der Waals surface area contributed by atoms with Gasteiger partial charge in [0.1, 0.15) is 18.3 Å². The van der Waals surface area contributed by atoms with Crippen LogP contribution in [0.4, 0.5) is 5.69 Å². The number of H-pyrrole nitrogens is 1. The molecule has 0 spiro atoms. The van der Waals surface area contributed by atoms with Crippen LogP contribution in [0.3, 0.4) is 0 Å². The Labute approximate surface area is 131 Å². The topological polar surface area (TPSA) is 214 Å². The summed E-state index contributed by atoms with van der Waals surface area (Å²) in [6.07, 6.45) is -6.05. The highest BCUT2D eigenvalue weighted by atomic mass is 31.2. The van der Waals surface area contributed by atoms with Crippen LogP contribution in [0, 0.1) is 10.1 Å². The first kappa shape index (κ1) is 18.4. The second-order valence-corrected chi connectivity index (χ2v) is 6.01. The summed E-state index contributed by atoms with van der Waals surface area (Å²) in [4.78, 5) is 51.6. The molecule has 1 aromatic heterocycles. The van der Waals surface area contributed by atoms with Crippen molar-refractivity contribution < 1.29 is 38.7 Å². The van der Waals surface area contributed by atoms with Crippen LogP contribution in [-0.2, 0) is 13.8 Å². The van der Waals surface area contributed by atoms with E-state index in [4.69, 9.17) is 14.5 Å². The molecule has 1 aliphatic heterocycles. The van der Waals surface area contributed by atoms with E-state index in [1.807, 2.05) is 0 Å². The van der Waals surface area contributed by atoms with E-state index in [2.05, 4.69) is 4.52 Å². The van der Waals surface area contributed by atoms with E-state index >= 15 is 0 Å². The van der Waals surface area contributed by atoms with Gasteiger partial charge in [0, 0.05) is 0 Å². The Kier molecular flexibility index (Phi) is 5.00. The number of hydrogen-bond donors (Lipinski definition) is 5. The molecular formula is C9H12N3O11P. The van der Waals surface area contributed by atoms with Crippen LogP contribution in [0.25, 0.3) is 0 Å². The lowest BCUT2D eigenvalue weighted by Crippen LogP contribution is -2.38. The number of phosphoric acid groups is 1. The maximum atomic E-state index is 11.7. The van der Waals surface area contributed by atoms with Crippen molar-refractivity contribution in [2.75, 3.05) is 6.61 Å². The van der Waals surface area contributed by atoms with Crippen molar-refractivity contribution in [3.05, 3.63) is 37.1 Å². The second-order valence-electron chi connectivity index (χ2n) is 4.77. The molecule has 15 heteroatoms. The van der Waals surface area contributed by atoms with E-state index in [0.717, 1.165) is 0 Å². The van der Waals surface area contributed by atoms with Gasteiger partial charge in [-0.2, -0.15) is 0 Å². The summed E-state index contributed by atoms with van der Waals surface area (Å²) >= 11 is 0. The Morgan fingerprint density at radius 3 is 2.54 bits per heavy atom. The Morgan fingerprint density at radius 2 is 2.00 bits per heavy atom. The van der Waals surface area contributed by atoms with Crippen molar-refractivity contribution in [2.45, 2.75) is 24.5 Å². The molecule has 2 heterocycles. The highest BCUT2D eigenvalue weighted by Crippen LogP contribution is 2.38. The number of nitro groups is 1. The zero-order valence-electron chi connectivity index (χ0n) is 11.6. The second kappa shape index (κ2) is 6.52. The highest BCUT2D eigenvalue weighted by Gasteiger charge is 2.45. The first-order chi connectivity index (χ1) is 11.0. The average Bonchev–Trinajstić information content (AvgIpc) is 2.72. The van der Waals surface area contributed by atoms with E-state index in [-0.39, 0.29) is 0 Å². The van der Waals surface area contributed by atoms with Crippen molar-refractivity contribution in [3.8, 4) is 0 Å². The van der Waals surface area contributed by atoms with Crippen LogP contribution < -0.4 is 11.2 Å². The maximum absolute atomic E-state index is 11.7. The summed E-state index contributed by atoms with van der Waals surface area (Å²) < 4.78 is 20.3. The maximum Gasteiger partial charge on any atom is 0.469 e. The van der Waals surface area contributed by atoms with Gasteiger partial charge in [0.15, 0.2) is 6.23 Å². The van der Waals surface area contributed by atoms with E-state index in [1.165, 1.54) is 0 Å². The molecule has 5 N–H and O–H groups in total. The van der Waals surface area contributed by atoms with Crippen LogP contribution in [-0.4, -0.2) is 59.4 Å². The van der Waals surface area contributed by atoms with Crippen LogP contribution in [0.5, 0.6) is 0 Å². The van der Waals surface area contributed by atoms with Crippen molar-refractivity contribution >= 4 is 13.5 Å². The normalized spacial score (nSPS) is 27.3. The summed E-state index contributed by atoms with van der Waals surface area (Å²) in [7, 11) is -4.87. The molecule has 14 nitrogen and oxygen atoms in total. The molecule has 1 fully saturated rings. The molecule has 0 aliphatic carbocycles.